The second-order valence-electron chi connectivity index (χ2n) is 4.43. The number of rotatable bonds is 4. The van der Waals surface area contributed by atoms with Gasteiger partial charge in [0.2, 0.25) is 0 Å². The molecule has 2 aromatic carbocycles. The van der Waals surface area contributed by atoms with Crippen LogP contribution in [0.15, 0.2) is 41.3 Å². The van der Waals surface area contributed by atoms with Crippen molar-refractivity contribution >= 4 is 24.3 Å². The Kier molecular flexibility index (Phi) is 4.80. The zero-order valence-corrected chi connectivity index (χ0v) is 11.6. The first-order valence-electron chi connectivity index (χ1n) is 6.01. The summed E-state index contributed by atoms with van der Waals surface area (Å²) in [4.78, 5) is 0.675. The van der Waals surface area contributed by atoms with Gasteiger partial charge in [-0.25, -0.2) is 8.78 Å². The standard InChI is InChI=1S/C14H13BF2O2S/c1-9-6-10(2-5-13(9)16)8-20-11-3-4-12(15(18)19)14(17)7-11/h2-7,18-19H,8H2,1H3. The van der Waals surface area contributed by atoms with Gasteiger partial charge in [0.05, 0.1) is 0 Å². The molecule has 0 atom stereocenters. The van der Waals surface area contributed by atoms with Crippen molar-refractivity contribution in [1.29, 1.82) is 0 Å². The van der Waals surface area contributed by atoms with E-state index in [2.05, 4.69) is 0 Å². The zero-order valence-electron chi connectivity index (χ0n) is 10.8. The van der Waals surface area contributed by atoms with Crippen molar-refractivity contribution < 1.29 is 18.8 Å². The fraction of sp³-hybridized carbons (Fsp3) is 0.143. The van der Waals surface area contributed by atoms with Crippen LogP contribution in [0.2, 0.25) is 0 Å². The van der Waals surface area contributed by atoms with Crippen LogP contribution >= 0.6 is 11.8 Å². The van der Waals surface area contributed by atoms with Crippen LogP contribution in [0.3, 0.4) is 0 Å². The molecule has 0 unspecified atom stereocenters. The summed E-state index contributed by atoms with van der Waals surface area (Å²) in [5, 5.41) is 17.9. The lowest BCUT2D eigenvalue weighted by molar-refractivity contribution is 0.423. The minimum absolute atomic E-state index is 0.146. The molecule has 6 heteroatoms. The monoisotopic (exact) mass is 294 g/mol. The van der Waals surface area contributed by atoms with Crippen molar-refractivity contribution in [2.24, 2.45) is 0 Å². The molecule has 2 N–H and O–H groups in total. The van der Waals surface area contributed by atoms with Gasteiger partial charge in [-0.05, 0) is 36.2 Å². The van der Waals surface area contributed by atoms with Gasteiger partial charge < -0.3 is 10.0 Å². The molecular formula is C14H13BF2O2S. The molecule has 20 heavy (non-hydrogen) atoms. The number of aryl methyl sites for hydroxylation is 1. The maximum Gasteiger partial charge on any atom is 0.491 e. The molecule has 0 amide bonds. The highest BCUT2D eigenvalue weighted by molar-refractivity contribution is 7.98. The first-order valence-corrected chi connectivity index (χ1v) is 6.99. The van der Waals surface area contributed by atoms with Crippen LogP contribution in [-0.4, -0.2) is 17.2 Å². The second-order valence-corrected chi connectivity index (χ2v) is 5.48. The molecule has 0 saturated heterocycles. The van der Waals surface area contributed by atoms with Crippen LogP contribution in [0.5, 0.6) is 0 Å². The Labute approximate surface area is 120 Å². The molecular weight excluding hydrogens is 281 g/mol. The van der Waals surface area contributed by atoms with Crippen LogP contribution in [-0.2, 0) is 5.75 Å². The van der Waals surface area contributed by atoms with Gasteiger partial charge in [-0.1, -0.05) is 18.2 Å². The van der Waals surface area contributed by atoms with Crippen LogP contribution in [0.4, 0.5) is 8.78 Å². The molecule has 0 aliphatic carbocycles. The van der Waals surface area contributed by atoms with E-state index in [0.717, 1.165) is 5.56 Å². The number of benzene rings is 2. The average Bonchev–Trinajstić information content (AvgIpc) is 2.40. The van der Waals surface area contributed by atoms with Gasteiger partial charge in [-0.3, -0.25) is 0 Å². The maximum absolute atomic E-state index is 13.6. The Morgan fingerprint density at radius 1 is 1.05 bits per heavy atom. The lowest BCUT2D eigenvalue weighted by atomic mass is 9.80. The van der Waals surface area contributed by atoms with Crippen molar-refractivity contribution in [1.82, 2.24) is 0 Å². The van der Waals surface area contributed by atoms with Crippen molar-refractivity contribution in [3.05, 3.63) is 59.2 Å². The fourth-order valence-electron chi connectivity index (χ4n) is 1.77. The van der Waals surface area contributed by atoms with E-state index in [-0.39, 0.29) is 11.3 Å². The normalized spacial score (nSPS) is 10.7. The first kappa shape index (κ1) is 15.0. The number of halogens is 2. The highest BCUT2D eigenvalue weighted by Gasteiger charge is 2.16. The third-order valence-electron chi connectivity index (χ3n) is 2.88. The van der Waals surface area contributed by atoms with Gasteiger partial charge in [0, 0.05) is 16.1 Å². The number of hydrogen-bond donors (Lipinski definition) is 2. The van der Waals surface area contributed by atoms with Crippen molar-refractivity contribution in [2.75, 3.05) is 0 Å². The van der Waals surface area contributed by atoms with Crippen LogP contribution in [0.1, 0.15) is 11.1 Å². The van der Waals surface area contributed by atoms with Crippen LogP contribution < -0.4 is 5.46 Å². The molecule has 0 spiro atoms. The minimum Gasteiger partial charge on any atom is -0.423 e. The molecule has 0 fully saturated rings. The molecule has 0 saturated carbocycles. The Hall–Kier alpha value is -1.37. The molecule has 2 nitrogen and oxygen atoms in total. The average molecular weight is 294 g/mol. The third kappa shape index (κ3) is 3.59. The van der Waals surface area contributed by atoms with E-state index < -0.39 is 12.9 Å². The van der Waals surface area contributed by atoms with E-state index in [1.165, 1.54) is 30.0 Å². The molecule has 2 rings (SSSR count). The molecule has 0 radical (unpaired) electrons. The minimum atomic E-state index is -1.81. The highest BCUT2D eigenvalue weighted by Crippen LogP contribution is 2.23. The molecule has 104 valence electrons. The summed E-state index contributed by atoms with van der Waals surface area (Å²) in [6, 6.07) is 9.09. The molecule has 0 heterocycles. The Morgan fingerprint density at radius 3 is 2.40 bits per heavy atom. The van der Waals surface area contributed by atoms with Crippen molar-refractivity contribution in [3.63, 3.8) is 0 Å². The highest BCUT2D eigenvalue weighted by atomic mass is 32.2. The Balaban J connectivity index is 2.07. The summed E-state index contributed by atoms with van der Waals surface area (Å²) in [6.07, 6.45) is 0. The van der Waals surface area contributed by atoms with Crippen LogP contribution in [0.25, 0.3) is 0 Å². The summed E-state index contributed by atoms with van der Waals surface area (Å²) < 4.78 is 26.7. The van der Waals surface area contributed by atoms with Gasteiger partial charge in [0.1, 0.15) is 11.6 Å². The molecule has 0 aliphatic rings. The van der Waals surface area contributed by atoms with Crippen molar-refractivity contribution in [2.45, 2.75) is 17.6 Å². The molecule has 0 aromatic heterocycles. The summed E-state index contributed by atoms with van der Waals surface area (Å²) in [5.41, 5.74) is 1.38. The first-order chi connectivity index (χ1) is 9.47. The maximum atomic E-state index is 13.6. The van der Waals surface area contributed by atoms with Crippen LogP contribution in [0, 0.1) is 18.6 Å². The lowest BCUT2D eigenvalue weighted by Crippen LogP contribution is -2.32. The third-order valence-corrected chi connectivity index (χ3v) is 3.94. The lowest BCUT2D eigenvalue weighted by Gasteiger charge is -2.06. The molecule has 2 aromatic rings. The van der Waals surface area contributed by atoms with Gasteiger partial charge in [0.15, 0.2) is 0 Å². The summed E-state index contributed by atoms with van der Waals surface area (Å²) in [6.45, 7) is 1.70. The van der Waals surface area contributed by atoms with E-state index in [0.29, 0.717) is 16.2 Å². The smallest absolute Gasteiger partial charge is 0.423 e. The number of hydrogen-bond acceptors (Lipinski definition) is 3. The van der Waals surface area contributed by atoms with E-state index in [1.807, 2.05) is 0 Å². The SMILES string of the molecule is Cc1cc(CSc2ccc(B(O)O)c(F)c2)ccc1F. The number of thioether (sulfide) groups is 1. The van der Waals surface area contributed by atoms with E-state index in [1.54, 1.807) is 25.1 Å². The zero-order chi connectivity index (χ0) is 14.7. The Morgan fingerprint density at radius 2 is 1.80 bits per heavy atom. The topological polar surface area (TPSA) is 40.5 Å². The summed E-state index contributed by atoms with van der Waals surface area (Å²) in [7, 11) is -1.81. The van der Waals surface area contributed by atoms with Crippen molar-refractivity contribution in [3.8, 4) is 0 Å². The quantitative estimate of drug-likeness (QED) is 0.671. The molecule has 0 aliphatic heterocycles. The predicted octanol–water partition coefficient (Wildman–Crippen LogP) is 2.25. The molecule has 0 bridgehead atoms. The van der Waals surface area contributed by atoms with Gasteiger partial charge in [-0.15, -0.1) is 11.8 Å². The van der Waals surface area contributed by atoms with E-state index in [4.69, 9.17) is 10.0 Å². The summed E-state index contributed by atoms with van der Waals surface area (Å²) >= 11 is 1.40. The van der Waals surface area contributed by atoms with Gasteiger partial charge in [0.25, 0.3) is 0 Å². The largest absolute Gasteiger partial charge is 0.491 e. The Bertz CT molecular complexity index is 620. The fourth-order valence-corrected chi connectivity index (χ4v) is 2.63. The van der Waals surface area contributed by atoms with Gasteiger partial charge in [-0.2, -0.15) is 0 Å². The predicted molar refractivity (Wildman–Crippen MR) is 76.9 cm³/mol. The second kappa shape index (κ2) is 6.39. The van der Waals surface area contributed by atoms with E-state index in [9.17, 15) is 8.78 Å². The van der Waals surface area contributed by atoms with Gasteiger partial charge >= 0.3 is 7.12 Å². The van der Waals surface area contributed by atoms with E-state index >= 15 is 0 Å². The summed E-state index contributed by atoms with van der Waals surface area (Å²) in [5.74, 6) is -0.312.